The molecule has 0 heterocycles. The summed E-state index contributed by atoms with van der Waals surface area (Å²) in [6, 6.07) is 8.14. The first kappa shape index (κ1) is 29.5. The van der Waals surface area contributed by atoms with Gasteiger partial charge in [0.25, 0.3) is 0 Å². The summed E-state index contributed by atoms with van der Waals surface area (Å²) >= 11 is 24.5. The molecule has 0 saturated heterocycles. The number of hydrogen-bond acceptors (Lipinski definition) is 4. The molecule has 7 nitrogen and oxygen atoms in total. The minimum Gasteiger partial charge on any atom is -0.354 e. The Bertz CT molecular complexity index is 1190. The summed E-state index contributed by atoms with van der Waals surface area (Å²) in [4.78, 5) is 27.6. The second kappa shape index (κ2) is 12.5. The molecule has 2 aromatic rings. The van der Waals surface area contributed by atoms with Crippen LogP contribution >= 0.6 is 46.4 Å². The Balaban J connectivity index is 2.44. The van der Waals surface area contributed by atoms with Crippen LogP contribution in [0.15, 0.2) is 36.4 Å². The van der Waals surface area contributed by atoms with Crippen LogP contribution in [0.1, 0.15) is 26.3 Å². The third kappa shape index (κ3) is 8.43. The normalized spacial score (nSPS) is 12.4. The highest BCUT2D eigenvalue weighted by molar-refractivity contribution is 7.92. The van der Waals surface area contributed by atoms with E-state index in [0.717, 1.165) is 10.6 Å². The van der Waals surface area contributed by atoms with Gasteiger partial charge in [-0.3, -0.25) is 13.9 Å². The highest BCUT2D eigenvalue weighted by Gasteiger charge is 2.31. The smallest absolute Gasteiger partial charge is 0.244 e. The molecular formula is C23H27Cl4N3O4S. The largest absolute Gasteiger partial charge is 0.354 e. The van der Waals surface area contributed by atoms with E-state index in [0.29, 0.717) is 27.2 Å². The Morgan fingerprint density at radius 1 is 0.943 bits per heavy atom. The van der Waals surface area contributed by atoms with Crippen LogP contribution in [0.2, 0.25) is 20.1 Å². The van der Waals surface area contributed by atoms with Gasteiger partial charge in [0, 0.05) is 28.2 Å². The minimum atomic E-state index is -3.92. The van der Waals surface area contributed by atoms with E-state index in [9.17, 15) is 18.0 Å². The predicted molar refractivity (Wildman–Crippen MR) is 143 cm³/mol. The van der Waals surface area contributed by atoms with Crippen molar-refractivity contribution in [2.24, 2.45) is 5.92 Å². The minimum absolute atomic E-state index is 0.0446. The van der Waals surface area contributed by atoms with Gasteiger partial charge in [-0.1, -0.05) is 66.3 Å². The monoisotopic (exact) mass is 581 g/mol. The molecule has 0 spiro atoms. The molecule has 1 N–H and O–H groups in total. The lowest BCUT2D eigenvalue weighted by atomic mass is 10.1. The number of carbonyl (C=O) groups is 2. The molecule has 0 aliphatic carbocycles. The number of nitrogens with zero attached hydrogens (tertiary/aromatic N) is 2. The molecule has 2 amide bonds. The maximum atomic E-state index is 13.5. The zero-order chi connectivity index (χ0) is 26.5. The van der Waals surface area contributed by atoms with Gasteiger partial charge in [-0.25, -0.2) is 8.42 Å². The Morgan fingerprint density at radius 2 is 1.51 bits per heavy atom. The quantitative estimate of drug-likeness (QED) is 0.414. The first-order valence-electron chi connectivity index (χ1n) is 10.6. The van der Waals surface area contributed by atoms with E-state index < -0.39 is 28.5 Å². The summed E-state index contributed by atoms with van der Waals surface area (Å²) in [5.74, 6) is -0.805. The Hall–Kier alpha value is -1.71. The number of rotatable bonds is 10. The number of sulfonamides is 1. The molecule has 0 aliphatic heterocycles. The summed E-state index contributed by atoms with van der Waals surface area (Å²) in [5, 5.41) is 3.90. The molecule has 192 valence electrons. The Morgan fingerprint density at radius 3 is 2.03 bits per heavy atom. The van der Waals surface area contributed by atoms with Gasteiger partial charge in [0.05, 0.1) is 17.0 Å². The number of hydrogen-bond donors (Lipinski definition) is 1. The van der Waals surface area contributed by atoms with Crippen LogP contribution in [0.25, 0.3) is 0 Å². The molecule has 2 rings (SSSR count). The van der Waals surface area contributed by atoms with E-state index in [4.69, 9.17) is 46.4 Å². The van der Waals surface area contributed by atoms with Crippen LogP contribution in [0, 0.1) is 5.92 Å². The molecule has 0 bridgehead atoms. The van der Waals surface area contributed by atoms with Gasteiger partial charge in [-0.15, -0.1) is 0 Å². The summed E-state index contributed by atoms with van der Waals surface area (Å²) in [6.45, 7) is 5.24. The molecular weight excluding hydrogens is 556 g/mol. The highest BCUT2D eigenvalue weighted by Crippen LogP contribution is 2.31. The van der Waals surface area contributed by atoms with Gasteiger partial charge in [0.2, 0.25) is 21.8 Å². The molecule has 12 heteroatoms. The summed E-state index contributed by atoms with van der Waals surface area (Å²) in [5.41, 5.74) is 0.636. The van der Waals surface area contributed by atoms with Gasteiger partial charge in [0.1, 0.15) is 12.6 Å². The summed E-state index contributed by atoms with van der Waals surface area (Å²) in [6.07, 6.45) is 0.963. The zero-order valence-electron chi connectivity index (χ0n) is 19.7. The number of halogens is 4. The third-order valence-corrected chi connectivity index (χ3v) is 7.32. The average molecular weight is 583 g/mol. The fourth-order valence-corrected chi connectivity index (χ4v) is 5.04. The molecule has 1 atom stereocenters. The molecule has 2 aromatic carbocycles. The SMILES string of the molecule is CC(C)CNC(=O)[C@@H](C)N(Cc1ccc(Cl)cc1Cl)C(=O)CN(c1ccc(Cl)cc1Cl)S(C)(=O)=O. The number of carbonyl (C=O) groups excluding carboxylic acids is 2. The van der Waals surface area contributed by atoms with E-state index in [1.165, 1.54) is 29.2 Å². The van der Waals surface area contributed by atoms with Crippen LogP contribution < -0.4 is 9.62 Å². The maximum Gasteiger partial charge on any atom is 0.244 e. The molecule has 35 heavy (non-hydrogen) atoms. The molecule has 0 fully saturated rings. The van der Waals surface area contributed by atoms with Crippen molar-refractivity contribution < 1.29 is 18.0 Å². The topological polar surface area (TPSA) is 86.8 Å². The predicted octanol–water partition coefficient (Wildman–Crippen LogP) is 5.26. The van der Waals surface area contributed by atoms with Crippen LogP contribution in [0.3, 0.4) is 0 Å². The van der Waals surface area contributed by atoms with Crippen LogP contribution in [-0.4, -0.2) is 50.5 Å². The first-order chi connectivity index (χ1) is 16.2. The zero-order valence-corrected chi connectivity index (χ0v) is 23.5. The Kier molecular flexibility index (Phi) is 10.5. The van der Waals surface area contributed by atoms with Crippen LogP contribution in [-0.2, 0) is 26.2 Å². The average Bonchev–Trinajstić information content (AvgIpc) is 2.74. The van der Waals surface area contributed by atoms with Crippen molar-refractivity contribution in [3.63, 3.8) is 0 Å². The van der Waals surface area contributed by atoms with Crippen molar-refractivity contribution >= 4 is 73.9 Å². The lowest BCUT2D eigenvalue weighted by molar-refractivity contribution is -0.139. The molecule has 0 unspecified atom stereocenters. The molecule has 0 aliphatic rings. The lowest BCUT2D eigenvalue weighted by Crippen LogP contribution is -2.51. The number of amides is 2. The fraction of sp³-hybridized carbons (Fsp3) is 0.391. The summed E-state index contributed by atoms with van der Waals surface area (Å²) in [7, 11) is -3.92. The van der Waals surface area contributed by atoms with Gasteiger partial charge in [0.15, 0.2) is 0 Å². The number of nitrogens with one attached hydrogen (secondary N) is 1. The lowest BCUT2D eigenvalue weighted by Gasteiger charge is -2.32. The Labute approximate surface area is 226 Å². The van der Waals surface area contributed by atoms with Crippen molar-refractivity contribution in [3.05, 3.63) is 62.1 Å². The van der Waals surface area contributed by atoms with E-state index >= 15 is 0 Å². The van der Waals surface area contributed by atoms with E-state index in [1.807, 2.05) is 13.8 Å². The van der Waals surface area contributed by atoms with Crippen molar-refractivity contribution in [2.75, 3.05) is 23.7 Å². The second-order valence-corrected chi connectivity index (χ2v) is 12.0. The van der Waals surface area contributed by atoms with Crippen molar-refractivity contribution in [1.82, 2.24) is 10.2 Å². The van der Waals surface area contributed by atoms with Gasteiger partial charge in [-0.2, -0.15) is 0 Å². The number of benzene rings is 2. The number of anilines is 1. The molecule has 0 radical (unpaired) electrons. The second-order valence-electron chi connectivity index (χ2n) is 8.44. The van der Waals surface area contributed by atoms with Crippen LogP contribution in [0.4, 0.5) is 5.69 Å². The molecule has 0 aromatic heterocycles. The fourth-order valence-electron chi connectivity index (χ4n) is 3.15. The van der Waals surface area contributed by atoms with Gasteiger partial charge < -0.3 is 10.2 Å². The van der Waals surface area contributed by atoms with Crippen molar-refractivity contribution in [3.8, 4) is 0 Å². The maximum absolute atomic E-state index is 13.5. The van der Waals surface area contributed by atoms with E-state index in [-0.39, 0.29) is 29.1 Å². The van der Waals surface area contributed by atoms with Gasteiger partial charge in [-0.05, 0) is 48.7 Å². The third-order valence-electron chi connectivity index (χ3n) is 5.07. The van der Waals surface area contributed by atoms with Crippen LogP contribution in [0.5, 0.6) is 0 Å². The van der Waals surface area contributed by atoms with E-state index in [1.54, 1.807) is 19.1 Å². The van der Waals surface area contributed by atoms with E-state index in [2.05, 4.69) is 5.32 Å². The first-order valence-corrected chi connectivity index (χ1v) is 14.0. The van der Waals surface area contributed by atoms with Crippen molar-refractivity contribution in [1.29, 1.82) is 0 Å². The highest BCUT2D eigenvalue weighted by atomic mass is 35.5. The van der Waals surface area contributed by atoms with Gasteiger partial charge >= 0.3 is 0 Å². The van der Waals surface area contributed by atoms with Crippen molar-refractivity contribution in [2.45, 2.75) is 33.4 Å². The molecule has 0 saturated carbocycles. The summed E-state index contributed by atoms with van der Waals surface area (Å²) < 4.78 is 26.1. The standard InChI is InChI=1S/C23H27Cl4N3O4S/c1-14(2)11-28-23(32)15(3)29(12-16-5-6-17(24)9-19(16)26)22(31)13-30(35(4,33)34)21-8-7-18(25)10-20(21)27/h5-10,14-15H,11-13H2,1-4H3,(H,28,32)/t15-/m1/s1.